The van der Waals surface area contributed by atoms with E-state index in [9.17, 15) is 0 Å². The highest BCUT2D eigenvalue weighted by Crippen LogP contribution is 2.28. The summed E-state index contributed by atoms with van der Waals surface area (Å²) in [4.78, 5) is 4.64. The van der Waals surface area contributed by atoms with Crippen molar-refractivity contribution in [2.45, 2.75) is 4.34 Å². The first kappa shape index (κ1) is 12.1. The highest BCUT2D eigenvalue weighted by atomic mass is 32.2. The van der Waals surface area contributed by atoms with Crippen molar-refractivity contribution in [2.24, 2.45) is 5.73 Å². The van der Waals surface area contributed by atoms with Crippen LogP contribution >= 0.6 is 23.1 Å². The molecule has 0 saturated carbocycles. The largest absolute Gasteiger partial charge is 0.344 e. The zero-order chi connectivity index (χ0) is 11.4. The summed E-state index contributed by atoms with van der Waals surface area (Å²) in [5.41, 5.74) is 5.46. The van der Waals surface area contributed by atoms with Gasteiger partial charge in [0.25, 0.3) is 0 Å². The van der Waals surface area contributed by atoms with E-state index < -0.39 is 0 Å². The van der Waals surface area contributed by atoms with Crippen LogP contribution in [0, 0.1) is 0 Å². The third-order valence-electron chi connectivity index (χ3n) is 2.51. The Hall–Kier alpha value is -0.370. The fourth-order valence-corrected chi connectivity index (χ4v) is 3.26. The zero-order valence-electron chi connectivity index (χ0n) is 9.43. The van der Waals surface area contributed by atoms with Crippen LogP contribution in [0.2, 0.25) is 0 Å². The van der Waals surface area contributed by atoms with Gasteiger partial charge in [0.1, 0.15) is 0 Å². The van der Waals surface area contributed by atoms with Crippen LogP contribution in [0.1, 0.15) is 0 Å². The molecule has 0 bridgehead atoms. The number of thioether (sulfide) groups is 1. The first-order valence-electron chi connectivity index (χ1n) is 5.39. The van der Waals surface area contributed by atoms with E-state index in [4.69, 9.17) is 5.73 Å². The minimum atomic E-state index is 0.689. The van der Waals surface area contributed by atoms with Gasteiger partial charge in [0, 0.05) is 38.5 Å². The van der Waals surface area contributed by atoms with Gasteiger partial charge in [0.2, 0.25) is 5.13 Å². The topological polar surface area (TPSA) is 58.3 Å². The van der Waals surface area contributed by atoms with Gasteiger partial charge in [0.15, 0.2) is 4.34 Å². The van der Waals surface area contributed by atoms with Gasteiger partial charge in [-0.2, -0.15) is 0 Å². The van der Waals surface area contributed by atoms with Crippen LogP contribution < -0.4 is 10.6 Å². The molecule has 1 aromatic rings. The number of likely N-dealkylation sites (N-methyl/N-ethyl adjacent to an activating group) is 1. The molecule has 16 heavy (non-hydrogen) atoms. The second kappa shape index (κ2) is 5.81. The van der Waals surface area contributed by atoms with Crippen molar-refractivity contribution in [1.82, 2.24) is 15.1 Å². The zero-order valence-corrected chi connectivity index (χ0v) is 11.1. The summed E-state index contributed by atoms with van der Waals surface area (Å²) >= 11 is 3.36. The molecule has 0 amide bonds. The van der Waals surface area contributed by atoms with Crippen LogP contribution in [-0.2, 0) is 0 Å². The predicted molar refractivity (Wildman–Crippen MR) is 69.4 cm³/mol. The molecular weight excluding hydrogens is 242 g/mol. The fraction of sp³-hybridized carbons (Fsp3) is 0.778. The summed E-state index contributed by atoms with van der Waals surface area (Å²) in [6.45, 7) is 4.99. The van der Waals surface area contributed by atoms with Crippen LogP contribution in [0.4, 0.5) is 5.13 Å². The Balaban J connectivity index is 1.91. The lowest BCUT2D eigenvalue weighted by atomic mass is 10.3. The average Bonchev–Trinajstić information content (AvgIpc) is 2.76. The number of anilines is 1. The van der Waals surface area contributed by atoms with Gasteiger partial charge >= 0.3 is 0 Å². The van der Waals surface area contributed by atoms with Crippen molar-refractivity contribution in [3.8, 4) is 0 Å². The maximum Gasteiger partial charge on any atom is 0.209 e. The summed E-state index contributed by atoms with van der Waals surface area (Å²) in [5.74, 6) is 0.914. The molecule has 5 nitrogen and oxygen atoms in total. The Labute approximate surface area is 104 Å². The standard InChI is InChI=1S/C9H17N5S2/c1-13-3-5-14(6-4-13)8-11-12-9(16-8)15-7-2-10/h2-7,10H2,1H3. The Morgan fingerprint density at radius 2 is 2.06 bits per heavy atom. The number of rotatable bonds is 4. The van der Waals surface area contributed by atoms with Gasteiger partial charge < -0.3 is 15.5 Å². The SMILES string of the molecule is CN1CCN(c2nnc(SCCN)s2)CC1. The first-order chi connectivity index (χ1) is 7.79. The molecule has 1 fully saturated rings. The van der Waals surface area contributed by atoms with Crippen LogP contribution in [0.15, 0.2) is 4.34 Å². The van der Waals surface area contributed by atoms with E-state index in [1.807, 2.05) is 0 Å². The molecule has 1 aliphatic heterocycles. The Kier molecular flexibility index (Phi) is 4.39. The maximum absolute atomic E-state index is 5.46. The van der Waals surface area contributed by atoms with E-state index in [0.717, 1.165) is 41.4 Å². The monoisotopic (exact) mass is 259 g/mol. The highest BCUT2D eigenvalue weighted by Gasteiger charge is 2.17. The van der Waals surface area contributed by atoms with Gasteiger partial charge in [-0.3, -0.25) is 0 Å². The minimum absolute atomic E-state index is 0.689. The number of nitrogens with zero attached hydrogens (tertiary/aromatic N) is 4. The maximum atomic E-state index is 5.46. The third-order valence-corrected chi connectivity index (χ3v) is 4.66. The van der Waals surface area contributed by atoms with Crippen LogP contribution in [-0.4, -0.2) is 60.6 Å². The van der Waals surface area contributed by atoms with E-state index in [-0.39, 0.29) is 0 Å². The smallest absolute Gasteiger partial charge is 0.209 e. The number of nitrogens with two attached hydrogens (primary N) is 1. The lowest BCUT2D eigenvalue weighted by Gasteiger charge is -2.31. The highest BCUT2D eigenvalue weighted by molar-refractivity contribution is 8.01. The van der Waals surface area contributed by atoms with Gasteiger partial charge in [0.05, 0.1) is 0 Å². The van der Waals surface area contributed by atoms with Crippen molar-refractivity contribution < 1.29 is 0 Å². The molecule has 0 unspecified atom stereocenters. The molecule has 0 aliphatic carbocycles. The Bertz CT molecular complexity index is 321. The van der Waals surface area contributed by atoms with E-state index in [1.165, 1.54) is 0 Å². The summed E-state index contributed by atoms with van der Waals surface area (Å²) in [6.07, 6.45) is 0. The van der Waals surface area contributed by atoms with E-state index in [2.05, 4.69) is 27.0 Å². The molecule has 0 spiro atoms. The molecule has 0 aromatic carbocycles. The number of hydrogen-bond donors (Lipinski definition) is 1. The van der Waals surface area contributed by atoms with Crippen molar-refractivity contribution in [2.75, 3.05) is 50.4 Å². The lowest BCUT2D eigenvalue weighted by molar-refractivity contribution is 0.312. The van der Waals surface area contributed by atoms with Crippen molar-refractivity contribution >= 4 is 28.2 Å². The molecule has 2 rings (SSSR count). The molecule has 1 saturated heterocycles. The van der Waals surface area contributed by atoms with Crippen LogP contribution in [0.5, 0.6) is 0 Å². The normalized spacial score (nSPS) is 18.0. The fourth-order valence-electron chi connectivity index (χ4n) is 1.53. The molecule has 0 radical (unpaired) electrons. The molecule has 2 heterocycles. The number of hydrogen-bond acceptors (Lipinski definition) is 7. The third kappa shape index (κ3) is 3.07. The van der Waals surface area contributed by atoms with Crippen LogP contribution in [0.25, 0.3) is 0 Å². The second-order valence-corrected chi connectivity index (χ2v) is 6.08. The van der Waals surface area contributed by atoms with E-state index >= 15 is 0 Å². The number of piperazine rings is 1. The first-order valence-corrected chi connectivity index (χ1v) is 7.19. The molecular formula is C9H17N5S2. The van der Waals surface area contributed by atoms with Crippen molar-refractivity contribution in [3.63, 3.8) is 0 Å². The van der Waals surface area contributed by atoms with E-state index in [0.29, 0.717) is 6.54 Å². The lowest BCUT2D eigenvalue weighted by Crippen LogP contribution is -2.44. The van der Waals surface area contributed by atoms with Crippen LogP contribution in [0.3, 0.4) is 0 Å². The summed E-state index contributed by atoms with van der Waals surface area (Å²) < 4.78 is 1.03. The Morgan fingerprint density at radius 3 is 2.75 bits per heavy atom. The molecule has 1 aromatic heterocycles. The van der Waals surface area contributed by atoms with Gasteiger partial charge in [-0.1, -0.05) is 23.1 Å². The van der Waals surface area contributed by atoms with Gasteiger partial charge in [-0.15, -0.1) is 10.2 Å². The van der Waals surface area contributed by atoms with Crippen molar-refractivity contribution in [1.29, 1.82) is 0 Å². The molecule has 0 atom stereocenters. The van der Waals surface area contributed by atoms with Gasteiger partial charge in [-0.25, -0.2) is 0 Å². The molecule has 90 valence electrons. The average molecular weight is 259 g/mol. The predicted octanol–water partition coefficient (Wildman–Crippen LogP) is 0.341. The molecule has 1 aliphatic rings. The Morgan fingerprint density at radius 1 is 1.31 bits per heavy atom. The van der Waals surface area contributed by atoms with E-state index in [1.54, 1.807) is 23.1 Å². The molecule has 2 N–H and O–H groups in total. The summed E-state index contributed by atoms with van der Waals surface area (Å²) in [5, 5.41) is 9.45. The van der Waals surface area contributed by atoms with Crippen molar-refractivity contribution in [3.05, 3.63) is 0 Å². The van der Waals surface area contributed by atoms with Gasteiger partial charge in [-0.05, 0) is 7.05 Å². The molecule has 7 heteroatoms. The number of aromatic nitrogens is 2. The summed E-state index contributed by atoms with van der Waals surface area (Å²) in [7, 11) is 2.15. The quantitative estimate of drug-likeness (QED) is 0.787. The summed E-state index contributed by atoms with van der Waals surface area (Å²) in [6, 6.07) is 0. The second-order valence-electron chi connectivity index (χ2n) is 3.78. The minimum Gasteiger partial charge on any atom is -0.344 e.